The van der Waals surface area contributed by atoms with E-state index in [9.17, 15) is 9.59 Å². The third-order valence-corrected chi connectivity index (χ3v) is 4.29. The van der Waals surface area contributed by atoms with Crippen LogP contribution >= 0.6 is 0 Å². The minimum Gasteiger partial charge on any atom is -0.376 e. The van der Waals surface area contributed by atoms with Gasteiger partial charge in [-0.3, -0.25) is 9.59 Å². The Morgan fingerprint density at radius 3 is 2.18 bits per heavy atom. The average Bonchev–Trinajstić information content (AvgIpc) is 2.66. The van der Waals surface area contributed by atoms with Gasteiger partial charge in [0.05, 0.1) is 6.54 Å². The quantitative estimate of drug-likeness (QED) is 0.595. The highest BCUT2D eigenvalue weighted by molar-refractivity contribution is 5.97. The van der Waals surface area contributed by atoms with Crippen molar-refractivity contribution in [2.75, 3.05) is 22.5 Å². The Kier molecular flexibility index (Phi) is 5.64. The van der Waals surface area contributed by atoms with E-state index in [2.05, 4.69) is 16.0 Å². The lowest BCUT2D eigenvalue weighted by Gasteiger charge is -2.18. The van der Waals surface area contributed by atoms with Crippen LogP contribution in [0.15, 0.2) is 66.7 Å². The summed E-state index contributed by atoms with van der Waals surface area (Å²) in [5.41, 5.74) is 1.75. The first-order valence-electron chi connectivity index (χ1n) is 9.25. The van der Waals surface area contributed by atoms with E-state index in [1.165, 1.54) is 0 Å². The number of amides is 2. The Balaban J connectivity index is 1.58. The van der Waals surface area contributed by atoms with Crippen LogP contribution in [0.2, 0.25) is 0 Å². The fourth-order valence-corrected chi connectivity index (χ4v) is 2.68. The number of nitrogens with one attached hydrogen (secondary N) is 3. The van der Waals surface area contributed by atoms with Crippen LogP contribution in [-0.2, 0) is 9.59 Å². The van der Waals surface area contributed by atoms with Gasteiger partial charge in [-0.2, -0.15) is 0 Å². The van der Waals surface area contributed by atoms with E-state index >= 15 is 0 Å². The van der Waals surface area contributed by atoms with Gasteiger partial charge in [0.1, 0.15) is 0 Å². The molecule has 0 aliphatic carbocycles. The van der Waals surface area contributed by atoms with E-state index in [0.717, 1.165) is 22.1 Å². The van der Waals surface area contributed by atoms with Crippen molar-refractivity contribution in [3.05, 3.63) is 66.7 Å². The van der Waals surface area contributed by atoms with Gasteiger partial charge in [-0.15, -0.1) is 0 Å². The molecule has 3 rings (SSSR count). The van der Waals surface area contributed by atoms with E-state index in [-0.39, 0.29) is 18.4 Å². The molecule has 0 atom stereocenters. The summed E-state index contributed by atoms with van der Waals surface area (Å²) < 4.78 is 0. The molecular weight excluding hydrogens is 350 g/mol. The van der Waals surface area contributed by atoms with Crippen molar-refractivity contribution in [2.24, 2.45) is 5.41 Å². The molecule has 5 heteroatoms. The second kappa shape index (κ2) is 8.13. The van der Waals surface area contributed by atoms with Gasteiger partial charge in [-0.25, -0.2) is 0 Å². The largest absolute Gasteiger partial charge is 0.376 e. The molecule has 28 heavy (non-hydrogen) atoms. The highest BCUT2D eigenvalue weighted by atomic mass is 16.2. The lowest BCUT2D eigenvalue weighted by molar-refractivity contribution is -0.123. The molecule has 0 saturated heterocycles. The molecule has 0 heterocycles. The predicted octanol–water partition coefficient (Wildman–Crippen LogP) is 4.88. The molecule has 0 aliphatic rings. The van der Waals surface area contributed by atoms with E-state index in [1.54, 1.807) is 0 Å². The molecule has 3 N–H and O–H groups in total. The number of hydrogen-bond donors (Lipinski definition) is 3. The Hall–Kier alpha value is -3.34. The molecule has 3 aromatic rings. The number of fused-ring (bicyclic) bond motifs is 1. The average molecular weight is 375 g/mol. The Morgan fingerprint density at radius 2 is 1.43 bits per heavy atom. The number of benzene rings is 3. The van der Waals surface area contributed by atoms with Crippen LogP contribution in [0.25, 0.3) is 10.8 Å². The molecule has 0 bridgehead atoms. The summed E-state index contributed by atoms with van der Waals surface area (Å²) in [4.78, 5) is 24.4. The van der Waals surface area contributed by atoms with Gasteiger partial charge in [-0.1, -0.05) is 57.2 Å². The molecule has 144 valence electrons. The van der Waals surface area contributed by atoms with Gasteiger partial charge in [0.15, 0.2) is 0 Å². The lowest BCUT2D eigenvalue weighted by atomic mass is 9.95. The molecule has 0 aliphatic heterocycles. The maximum atomic E-state index is 12.3. The Labute approximate surface area is 165 Å². The molecule has 0 fully saturated rings. The van der Waals surface area contributed by atoms with E-state index in [0.29, 0.717) is 5.69 Å². The first-order valence-corrected chi connectivity index (χ1v) is 9.25. The highest BCUT2D eigenvalue weighted by Crippen LogP contribution is 2.21. The minimum absolute atomic E-state index is 0.0568. The second-order valence-electron chi connectivity index (χ2n) is 7.75. The number of carbonyl (C=O) groups is 2. The van der Waals surface area contributed by atoms with Crippen LogP contribution in [0.3, 0.4) is 0 Å². The van der Waals surface area contributed by atoms with Crippen molar-refractivity contribution >= 4 is 39.6 Å². The van der Waals surface area contributed by atoms with Crippen LogP contribution in [0.1, 0.15) is 20.8 Å². The summed E-state index contributed by atoms with van der Waals surface area (Å²) in [6.45, 7) is 5.72. The van der Waals surface area contributed by atoms with E-state index in [4.69, 9.17) is 0 Å². The Morgan fingerprint density at radius 1 is 0.750 bits per heavy atom. The van der Waals surface area contributed by atoms with Crippen molar-refractivity contribution in [3.8, 4) is 0 Å². The molecule has 0 unspecified atom stereocenters. The number of carbonyl (C=O) groups excluding carboxylic acids is 2. The van der Waals surface area contributed by atoms with Gasteiger partial charge < -0.3 is 16.0 Å². The van der Waals surface area contributed by atoms with Crippen molar-refractivity contribution in [1.82, 2.24) is 0 Å². The fraction of sp³-hybridized carbons (Fsp3) is 0.217. The van der Waals surface area contributed by atoms with Crippen LogP contribution in [0.5, 0.6) is 0 Å². The zero-order valence-corrected chi connectivity index (χ0v) is 16.4. The molecular formula is C23H25N3O2. The normalized spacial score (nSPS) is 11.1. The molecule has 5 nitrogen and oxygen atoms in total. The van der Waals surface area contributed by atoms with Gasteiger partial charge >= 0.3 is 0 Å². The smallest absolute Gasteiger partial charge is 0.243 e. The fourth-order valence-electron chi connectivity index (χ4n) is 2.68. The van der Waals surface area contributed by atoms with Crippen molar-refractivity contribution in [2.45, 2.75) is 20.8 Å². The first kappa shape index (κ1) is 19.4. The molecule has 3 aromatic carbocycles. The monoisotopic (exact) mass is 375 g/mol. The Bertz CT molecular complexity index is 1010. The van der Waals surface area contributed by atoms with Gasteiger partial charge in [0.2, 0.25) is 11.8 Å². The lowest BCUT2D eigenvalue weighted by Crippen LogP contribution is -2.27. The topological polar surface area (TPSA) is 70.2 Å². The maximum absolute atomic E-state index is 12.3. The zero-order chi connectivity index (χ0) is 20.1. The molecule has 0 aromatic heterocycles. The second-order valence-corrected chi connectivity index (χ2v) is 7.75. The number of rotatable bonds is 5. The third-order valence-electron chi connectivity index (χ3n) is 4.29. The highest BCUT2D eigenvalue weighted by Gasteiger charge is 2.21. The number of anilines is 3. The minimum atomic E-state index is -0.469. The predicted molar refractivity (Wildman–Crippen MR) is 116 cm³/mol. The maximum Gasteiger partial charge on any atom is 0.243 e. The van der Waals surface area contributed by atoms with Crippen molar-refractivity contribution in [3.63, 3.8) is 0 Å². The summed E-state index contributed by atoms with van der Waals surface area (Å²) in [6.07, 6.45) is 0. The van der Waals surface area contributed by atoms with Crippen LogP contribution in [0, 0.1) is 5.41 Å². The number of hydrogen-bond acceptors (Lipinski definition) is 3. The summed E-state index contributed by atoms with van der Waals surface area (Å²) in [5.74, 6) is -0.196. The zero-order valence-electron chi connectivity index (χ0n) is 16.4. The SMILES string of the molecule is CC(C)(C)C(=O)Nc1cccc(NCC(=O)Nc2ccc3ccccc3c2)c1. The van der Waals surface area contributed by atoms with E-state index < -0.39 is 5.41 Å². The van der Waals surface area contributed by atoms with Crippen LogP contribution in [-0.4, -0.2) is 18.4 Å². The summed E-state index contributed by atoms with van der Waals surface area (Å²) >= 11 is 0. The first-order chi connectivity index (χ1) is 13.3. The third kappa shape index (κ3) is 5.10. The van der Waals surface area contributed by atoms with Crippen molar-refractivity contribution in [1.29, 1.82) is 0 Å². The summed E-state index contributed by atoms with van der Waals surface area (Å²) in [6, 6.07) is 21.2. The van der Waals surface area contributed by atoms with Gasteiger partial charge in [-0.05, 0) is 41.1 Å². The van der Waals surface area contributed by atoms with Crippen LogP contribution < -0.4 is 16.0 Å². The molecule has 0 spiro atoms. The molecule has 2 amide bonds. The van der Waals surface area contributed by atoms with E-state index in [1.807, 2.05) is 87.5 Å². The standard InChI is InChI=1S/C23H25N3O2/c1-23(2,3)22(28)26-19-10-6-9-18(14-19)24-15-21(27)25-20-12-11-16-7-4-5-8-17(16)13-20/h4-14,24H,15H2,1-3H3,(H,25,27)(H,26,28). The summed E-state index contributed by atoms with van der Waals surface area (Å²) in [7, 11) is 0. The van der Waals surface area contributed by atoms with Crippen LogP contribution in [0.4, 0.5) is 17.1 Å². The summed E-state index contributed by atoms with van der Waals surface area (Å²) in [5, 5.41) is 11.1. The van der Waals surface area contributed by atoms with Gasteiger partial charge in [0.25, 0.3) is 0 Å². The van der Waals surface area contributed by atoms with Gasteiger partial charge in [0, 0.05) is 22.5 Å². The molecule has 0 radical (unpaired) electrons. The van der Waals surface area contributed by atoms with Crippen molar-refractivity contribution < 1.29 is 9.59 Å². The molecule has 0 saturated carbocycles.